The van der Waals surface area contributed by atoms with Gasteiger partial charge in [0, 0.05) is 47.4 Å². The third-order valence-corrected chi connectivity index (χ3v) is 6.83. The normalized spacial score (nSPS) is 19.1. The highest BCUT2D eigenvalue weighted by molar-refractivity contribution is 5.99. The van der Waals surface area contributed by atoms with Crippen LogP contribution in [0.15, 0.2) is 24.3 Å². The Kier molecular flexibility index (Phi) is 6.72. The summed E-state index contributed by atoms with van der Waals surface area (Å²) in [4.78, 5) is 18.7. The smallest absolute Gasteiger partial charge is 0.254 e. The van der Waals surface area contributed by atoms with Crippen LogP contribution in [-0.2, 0) is 12.8 Å². The van der Waals surface area contributed by atoms with Crippen molar-refractivity contribution in [2.24, 2.45) is 5.41 Å². The molecule has 0 atom stereocenters. The molecule has 32 heavy (non-hydrogen) atoms. The molecule has 3 heterocycles. The second-order valence-corrected chi connectivity index (χ2v) is 10.3. The lowest BCUT2D eigenvalue weighted by Gasteiger charge is -2.42. The molecule has 1 aliphatic heterocycles. The highest BCUT2D eigenvalue weighted by atomic mass is 35.5. The molecule has 2 aliphatic rings. The molecule has 3 N–H and O–H groups in total. The minimum atomic E-state index is -0.187. The number of carbonyl (C=O) groups is 1. The number of halogens is 2. The molecule has 3 aromatic rings. The average Bonchev–Trinajstić information content (AvgIpc) is 3.28. The van der Waals surface area contributed by atoms with Crippen molar-refractivity contribution in [3.05, 3.63) is 41.1 Å². The van der Waals surface area contributed by atoms with Crippen molar-refractivity contribution in [1.29, 1.82) is 0 Å². The highest BCUT2D eigenvalue weighted by Gasteiger charge is 2.34. The fraction of sp³-hybridized carbons (Fsp3) is 0.500. The van der Waals surface area contributed by atoms with Gasteiger partial charge in [-0.2, -0.15) is 5.10 Å². The first-order valence-corrected chi connectivity index (χ1v) is 11.0. The van der Waals surface area contributed by atoms with E-state index in [1.165, 1.54) is 17.7 Å². The number of rotatable bonds is 2. The highest BCUT2D eigenvalue weighted by Crippen LogP contribution is 2.38. The van der Waals surface area contributed by atoms with E-state index in [-0.39, 0.29) is 36.3 Å². The van der Waals surface area contributed by atoms with Crippen molar-refractivity contribution in [2.75, 3.05) is 19.6 Å². The van der Waals surface area contributed by atoms with E-state index in [1.54, 1.807) is 0 Å². The number of nitrogens with one attached hydrogen (secondary N) is 3. The SMILES string of the molecule is CC1(C)CCc2c(-c3cc4ccc(C(=O)N5CCNCC5(C)C)cc4[nH]3)n[nH]c2C1.Cl.Cl. The molecule has 1 fully saturated rings. The summed E-state index contributed by atoms with van der Waals surface area (Å²) in [5.74, 6) is 0.0962. The number of piperazine rings is 1. The van der Waals surface area contributed by atoms with Gasteiger partial charge in [-0.1, -0.05) is 19.9 Å². The van der Waals surface area contributed by atoms with E-state index in [0.29, 0.717) is 5.41 Å². The number of nitrogens with zero attached hydrogens (tertiary/aromatic N) is 2. The molecule has 0 saturated carbocycles. The topological polar surface area (TPSA) is 76.8 Å². The van der Waals surface area contributed by atoms with Crippen molar-refractivity contribution in [1.82, 2.24) is 25.4 Å². The molecule has 1 amide bonds. The fourth-order valence-electron chi connectivity index (χ4n) is 4.97. The standard InChI is InChI=1S/C24H31N5O.2ClH/c1-23(2)8-7-17-20(13-23)27-28-21(17)19-11-15-5-6-16(12-18(15)26-19)22(30)29-10-9-25-14-24(29,3)4;;/h5-6,11-12,25-26H,7-10,13-14H2,1-4H3,(H,27,28);2*1H. The van der Waals surface area contributed by atoms with Gasteiger partial charge >= 0.3 is 0 Å². The van der Waals surface area contributed by atoms with Gasteiger partial charge in [-0.3, -0.25) is 9.89 Å². The van der Waals surface area contributed by atoms with Gasteiger partial charge in [0.05, 0.1) is 11.2 Å². The Morgan fingerprint density at radius 1 is 1.12 bits per heavy atom. The number of hydrogen-bond acceptors (Lipinski definition) is 3. The van der Waals surface area contributed by atoms with Crippen LogP contribution in [0.1, 0.15) is 55.7 Å². The summed E-state index contributed by atoms with van der Waals surface area (Å²) in [7, 11) is 0. The average molecular weight is 478 g/mol. The van der Waals surface area contributed by atoms with Crippen LogP contribution >= 0.6 is 24.8 Å². The predicted octanol–water partition coefficient (Wildman–Crippen LogP) is 4.74. The molecule has 5 rings (SSSR count). The van der Waals surface area contributed by atoms with Crippen molar-refractivity contribution in [3.63, 3.8) is 0 Å². The van der Waals surface area contributed by atoms with Gasteiger partial charge < -0.3 is 15.2 Å². The van der Waals surface area contributed by atoms with Crippen LogP contribution in [0, 0.1) is 5.41 Å². The minimum absolute atomic E-state index is 0. The van der Waals surface area contributed by atoms with Crippen molar-refractivity contribution >= 4 is 41.6 Å². The first-order chi connectivity index (χ1) is 14.2. The molecule has 6 nitrogen and oxygen atoms in total. The lowest BCUT2D eigenvalue weighted by Crippen LogP contribution is -2.59. The lowest BCUT2D eigenvalue weighted by molar-refractivity contribution is 0.0477. The first kappa shape index (κ1) is 24.6. The molecule has 8 heteroatoms. The van der Waals surface area contributed by atoms with E-state index in [2.05, 4.69) is 54.3 Å². The third kappa shape index (κ3) is 4.28. The van der Waals surface area contributed by atoms with E-state index in [1.807, 2.05) is 23.1 Å². The van der Waals surface area contributed by atoms with E-state index in [9.17, 15) is 4.79 Å². The third-order valence-electron chi connectivity index (χ3n) is 6.83. The molecule has 0 spiro atoms. The number of aromatic nitrogens is 3. The summed E-state index contributed by atoms with van der Waals surface area (Å²) >= 11 is 0. The largest absolute Gasteiger partial charge is 0.353 e. The molecule has 0 unspecified atom stereocenters. The Labute approximate surface area is 201 Å². The number of aromatic amines is 2. The van der Waals surface area contributed by atoms with Gasteiger partial charge in [-0.05, 0) is 56.7 Å². The summed E-state index contributed by atoms with van der Waals surface area (Å²) < 4.78 is 0. The number of carbonyl (C=O) groups excluding carboxylic acids is 1. The summed E-state index contributed by atoms with van der Waals surface area (Å²) in [5, 5.41) is 12.4. The Morgan fingerprint density at radius 3 is 2.66 bits per heavy atom. The van der Waals surface area contributed by atoms with E-state index < -0.39 is 0 Å². The molecule has 174 valence electrons. The maximum atomic E-state index is 13.2. The zero-order chi connectivity index (χ0) is 21.1. The lowest BCUT2D eigenvalue weighted by atomic mass is 9.76. The number of hydrogen-bond donors (Lipinski definition) is 3. The summed E-state index contributed by atoms with van der Waals surface area (Å²) in [6.45, 7) is 11.2. The Hall–Kier alpha value is -2.02. The maximum Gasteiger partial charge on any atom is 0.254 e. The van der Waals surface area contributed by atoms with Crippen LogP contribution in [0.2, 0.25) is 0 Å². The summed E-state index contributed by atoms with van der Waals surface area (Å²) in [6, 6.07) is 8.12. The van der Waals surface area contributed by atoms with Gasteiger partial charge in [0.25, 0.3) is 5.91 Å². The minimum Gasteiger partial charge on any atom is -0.353 e. The van der Waals surface area contributed by atoms with E-state index >= 15 is 0 Å². The molecule has 0 radical (unpaired) electrons. The van der Waals surface area contributed by atoms with Gasteiger partial charge in [-0.25, -0.2) is 0 Å². The van der Waals surface area contributed by atoms with Gasteiger partial charge in [0.15, 0.2) is 0 Å². The molecular formula is C24H33Cl2N5O. The molecule has 1 aliphatic carbocycles. The molecular weight excluding hydrogens is 445 g/mol. The van der Waals surface area contributed by atoms with Crippen LogP contribution < -0.4 is 5.32 Å². The molecule has 1 aromatic carbocycles. The Morgan fingerprint density at radius 2 is 1.91 bits per heavy atom. The van der Waals surface area contributed by atoms with Gasteiger partial charge in [0.1, 0.15) is 5.69 Å². The number of fused-ring (bicyclic) bond motifs is 2. The summed E-state index contributed by atoms with van der Waals surface area (Å²) in [6.07, 6.45) is 3.26. The Bertz CT molecular complexity index is 1130. The second-order valence-electron chi connectivity index (χ2n) is 10.3. The number of amides is 1. The molecule has 2 aromatic heterocycles. The summed E-state index contributed by atoms with van der Waals surface area (Å²) in [5.41, 5.74) is 6.49. The molecule has 1 saturated heterocycles. The van der Waals surface area contributed by atoms with Crippen molar-refractivity contribution in [3.8, 4) is 11.4 Å². The van der Waals surface area contributed by atoms with Crippen LogP contribution in [-0.4, -0.2) is 51.2 Å². The van der Waals surface area contributed by atoms with Gasteiger partial charge in [0.2, 0.25) is 0 Å². The quantitative estimate of drug-likeness (QED) is 0.498. The van der Waals surface area contributed by atoms with Crippen LogP contribution in [0.25, 0.3) is 22.3 Å². The van der Waals surface area contributed by atoms with Crippen LogP contribution in [0.3, 0.4) is 0 Å². The van der Waals surface area contributed by atoms with Crippen molar-refractivity contribution in [2.45, 2.75) is 52.5 Å². The first-order valence-electron chi connectivity index (χ1n) is 11.0. The zero-order valence-electron chi connectivity index (χ0n) is 19.2. The van der Waals surface area contributed by atoms with E-state index in [0.717, 1.165) is 60.3 Å². The second kappa shape index (κ2) is 8.73. The van der Waals surface area contributed by atoms with Crippen molar-refractivity contribution < 1.29 is 4.79 Å². The van der Waals surface area contributed by atoms with Crippen LogP contribution in [0.5, 0.6) is 0 Å². The maximum absolute atomic E-state index is 13.2. The van der Waals surface area contributed by atoms with E-state index in [4.69, 9.17) is 0 Å². The van der Waals surface area contributed by atoms with Gasteiger partial charge in [-0.15, -0.1) is 24.8 Å². The number of benzene rings is 1. The number of H-pyrrole nitrogens is 2. The monoisotopic (exact) mass is 477 g/mol. The fourth-order valence-corrected chi connectivity index (χ4v) is 4.97. The zero-order valence-corrected chi connectivity index (χ0v) is 20.8. The van der Waals surface area contributed by atoms with Crippen LogP contribution in [0.4, 0.5) is 0 Å². The molecule has 0 bridgehead atoms. The predicted molar refractivity (Wildman–Crippen MR) is 134 cm³/mol. The Balaban J connectivity index is 0.00000144.